The van der Waals surface area contributed by atoms with Gasteiger partial charge in [-0.05, 0) is 60.1 Å². The van der Waals surface area contributed by atoms with Gasteiger partial charge in [-0.1, -0.05) is 36.8 Å². The van der Waals surface area contributed by atoms with Crippen LogP contribution in [0.2, 0.25) is 0 Å². The first-order chi connectivity index (χ1) is 15.0. The number of carbonyl (C=O) groups is 1. The van der Waals surface area contributed by atoms with E-state index in [4.69, 9.17) is 0 Å². The number of rotatable bonds is 5. The second-order valence-corrected chi connectivity index (χ2v) is 9.09. The number of aliphatic hydroxyl groups is 1. The molecule has 2 atom stereocenters. The van der Waals surface area contributed by atoms with Crippen molar-refractivity contribution in [2.45, 2.75) is 45.2 Å². The third-order valence-corrected chi connectivity index (χ3v) is 7.03. The molecule has 1 saturated carbocycles. The molecule has 1 fully saturated rings. The number of nitrogens with zero attached hydrogens (tertiary/aromatic N) is 3. The van der Waals surface area contributed by atoms with Crippen molar-refractivity contribution >= 4 is 5.91 Å². The summed E-state index contributed by atoms with van der Waals surface area (Å²) < 4.78 is 1.81. The third kappa shape index (κ3) is 3.68. The lowest BCUT2D eigenvalue weighted by molar-refractivity contribution is 0.0612. The van der Waals surface area contributed by atoms with E-state index in [1.807, 2.05) is 29.0 Å². The van der Waals surface area contributed by atoms with E-state index in [1.165, 1.54) is 16.7 Å². The molecule has 3 aromatic rings. The average Bonchev–Trinajstić information content (AvgIpc) is 3.48. The van der Waals surface area contributed by atoms with E-state index in [9.17, 15) is 9.90 Å². The Morgan fingerprint density at radius 3 is 2.65 bits per heavy atom. The van der Waals surface area contributed by atoms with Crippen molar-refractivity contribution in [3.8, 4) is 11.1 Å². The highest BCUT2D eigenvalue weighted by Gasteiger charge is 2.39. The fourth-order valence-electron chi connectivity index (χ4n) is 5.26. The minimum Gasteiger partial charge on any atom is -0.396 e. The largest absolute Gasteiger partial charge is 0.396 e. The minimum atomic E-state index is 0.133. The summed E-state index contributed by atoms with van der Waals surface area (Å²) in [6.07, 6.45) is 7.81. The van der Waals surface area contributed by atoms with Gasteiger partial charge < -0.3 is 10.0 Å². The molecular formula is C26H29N3O2. The van der Waals surface area contributed by atoms with Crippen LogP contribution in [-0.4, -0.2) is 38.3 Å². The topological polar surface area (TPSA) is 58.4 Å². The number of amides is 1. The molecule has 1 N–H and O–H groups in total. The standard InChI is InChI=1S/C26H29N3O2/c1-17-10-22-15-29(25-5-3-4-20(25)16-30)26(31)24(22)12-21(17)11-18-6-8-19(9-7-18)23-13-27-28(2)14-23/h6-10,12-14,20,25,30H,3-5,11,15-16H2,1-2H3/t20-,25+/m1/s1. The van der Waals surface area contributed by atoms with Crippen LogP contribution in [0, 0.1) is 12.8 Å². The van der Waals surface area contributed by atoms with Gasteiger partial charge in [0.25, 0.3) is 5.91 Å². The molecule has 0 saturated heterocycles. The first-order valence-electron chi connectivity index (χ1n) is 11.2. The van der Waals surface area contributed by atoms with Crippen LogP contribution in [-0.2, 0) is 20.0 Å². The van der Waals surface area contributed by atoms with Crippen molar-refractivity contribution in [3.05, 3.63) is 76.6 Å². The molecule has 1 aromatic heterocycles. The Bertz CT molecular complexity index is 1120. The van der Waals surface area contributed by atoms with Crippen LogP contribution in [0.3, 0.4) is 0 Å². The van der Waals surface area contributed by atoms with Crippen LogP contribution in [0.15, 0.2) is 48.8 Å². The lowest BCUT2D eigenvalue weighted by atomic mass is 9.95. The molecule has 0 spiro atoms. The van der Waals surface area contributed by atoms with Gasteiger partial charge in [0.1, 0.15) is 0 Å². The third-order valence-electron chi connectivity index (χ3n) is 7.03. The Hall–Kier alpha value is -2.92. The van der Waals surface area contributed by atoms with Gasteiger partial charge >= 0.3 is 0 Å². The summed E-state index contributed by atoms with van der Waals surface area (Å²) in [5.74, 6) is 0.352. The number of carbonyl (C=O) groups excluding carboxylic acids is 1. The second kappa shape index (κ2) is 7.97. The van der Waals surface area contributed by atoms with Gasteiger partial charge in [-0.25, -0.2) is 0 Å². The summed E-state index contributed by atoms with van der Waals surface area (Å²) in [5, 5.41) is 13.9. The van der Waals surface area contributed by atoms with E-state index in [0.29, 0.717) is 6.54 Å². The van der Waals surface area contributed by atoms with Crippen molar-refractivity contribution in [2.75, 3.05) is 6.61 Å². The Morgan fingerprint density at radius 1 is 1.13 bits per heavy atom. The Morgan fingerprint density at radius 2 is 1.94 bits per heavy atom. The predicted molar refractivity (Wildman–Crippen MR) is 121 cm³/mol. The Balaban J connectivity index is 1.36. The molecule has 5 nitrogen and oxygen atoms in total. The number of hydrogen-bond donors (Lipinski definition) is 1. The number of fused-ring (bicyclic) bond motifs is 1. The normalized spacial score (nSPS) is 20.5. The lowest BCUT2D eigenvalue weighted by Crippen LogP contribution is -2.39. The first-order valence-corrected chi connectivity index (χ1v) is 11.2. The summed E-state index contributed by atoms with van der Waals surface area (Å²) in [6.45, 7) is 2.99. The maximum Gasteiger partial charge on any atom is 0.254 e. The smallest absolute Gasteiger partial charge is 0.254 e. The highest BCUT2D eigenvalue weighted by atomic mass is 16.3. The molecule has 2 aromatic carbocycles. The summed E-state index contributed by atoms with van der Waals surface area (Å²) in [4.78, 5) is 15.2. The minimum absolute atomic E-state index is 0.133. The average molecular weight is 416 g/mol. The van der Waals surface area contributed by atoms with Crippen molar-refractivity contribution < 1.29 is 9.90 Å². The Labute approximate surface area is 183 Å². The quantitative estimate of drug-likeness (QED) is 0.682. The molecule has 0 radical (unpaired) electrons. The van der Waals surface area contributed by atoms with Gasteiger partial charge in [-0.3, -0.25) is 9.48 Å². The molecular weight excluding hydrogens is 386 g/mol. The Kier molecular flexibility index (Phi) is 5.14. The van der Waals surface area contributed by atoms with Gasteiger partial charge in [0.2, 0.25) is 0 Å². The van der Waals surface area contributed by atoms with Crippen LogP contribution < -0.4 is 0 Å². The maximum absolute atomic E-state index is 13.2. The number of benzene rings is 2. The molecule has 160 valence electrons. The SMILES string of the molecule is Cc1cc2c(cc1Cc1ccc(-c3cnn(C)c3)cc1)C(=O)N([C@H]1CCC[C@@H]1CO)C2. The van der Waals surface area contributed by atoms with E-state index in [-0.39, 0.29) is 24.5 Å². The van der Waals surface area contributed by atoms with Crippen LogP contribution in [0.25, 0.3) is 11.1 Å². The number of aryl methyl sites for hydroxylation is 2. The summed E-state index contributed by atoms with van der Waals surface area (Å²) >= 11 is 0. The van der Waals surface area contributed by atoms with Crippen molar-refractivity contribution in [2.24, 2.45) is 13.0 Å². The van der Waals surface area contributed by atoms with Gasteiger partial charge in [0.15, 0.2) is 0 Å². The fraction of sp³-hybridized carbons (Fsp3) is 0.385. The molecule has 1 amide bonds. The summed E-state index contributed by atoms with van der Waals surface area (Å²) in [7, 11) is 1.92. The predicted octanol–water partition coefficient (Wildman–Crippen LogP) is 4.10. The molecule has 5 heteroatoms. The van der Waals surface area contributed by atoms with E-state index >= 15 is 0 Å². The van der Waals surface area contributed by atoms with E-state index in [1.54, 1.807) is 0 Å². The molecule has 0 bridgehead atoms. The number of aromatic nitrogens is 2. The van der Waals surface area contributed by atoms with Crippen molar-refractivity contribution in [3.63, 3.8) is 0 Å². The van der Waals surface area contributed by atoms with Crippen LogP contribution in [0.5, 0.6) is 0 Å². The van der Waals surface area contributed by atoms with Crippen LogP contribution in [0.1, 0.15) is 51.9 Å². The molecule has 31 heavy (non-hydrogen) atoms. The molecule has 2 heterocycles. The highest BCUT2D eigenvalue weighted by Crippen LogP contribution is 2.36. The highest BCUT2D eigenvalue weighted by molar-refractivity contribution is 5.99. The van der Waals surface area contributed by atoms with Crippen molar-refractivity contribution in [1.29, 1.82) is 0 Å². The van der Waals surface area contributed by atoms with E-state index < -0.39 is 0 Å². The molecule has 5 rings (SSSR count). The van der Waals surface area contributed by atoms with E-state index in [2.05, 4.69) is 48.4 Å². The van der Waals surface area contributed by atoms with E-state index in [0.717, 1.165) is 47.9 Å². The summed E-state index contributed by atoms with van der Waals surface area (Å²) in [5.41, 5.74) is 7.90. The zero-order valence-corrected chi connectivity index (χ0v) is 18.2. The molecule has 1 aliphatic carbocycles. The zero-order valence-electron chi connectivity index (χ0n) is 18.2. The second-order valence-electron chi connectivity index (χ2n) is 9.09. The molecule has 1 aliphatic heterocycles. The van der Waals surface area contributed by atoms with Gasteiger partial charge in [0, 0.05) is 49.5 Å². The van der Waals surface area contributed by atoms with Crippen molar-refractivity contribution in [1.82, 2.24) is 14.7 Å². The van der Waals surface area contributed by atoms with Crippen LogP contribution >= 0.6 is 0 Å². The van der Waals surface area contributed by atoms with Gasteiger partial charge in [-0.15, -0.1) is 0 Å². The maximum atomic E-state index is 13.2. The molecule has 0 unspecified atom stereocenters. The fourth-order valence-corrected chi connectivity index (χ4v) is 5.26. The van der Waals surface area contributed by atoms with Gasteiger partial charge in [-0.2, -0.15) is 5.10 Å². The summed E-state index contributed by atoms with van der Waals surface area (Å²) in [6, 6.07) is 13.1. The monoisotopic (exact) mass is 415 g/mol. The number of aliphatic hydroxyl groups excluding tert-OH is 1. The molecule has 2 aliphatic rings. The van der Waals surface area contributed by atoms with Crippen LogP contribution in [0.4, 0.5) is 0 Å². The number of hydrogen-bond acceptors (Lipinski definition) is 3. The first kappa shape index (κ1) is 20.0. The van der Waals surface area contributed by atoms with Gasteiger partial charge in [0.05, 0.1) is 6.20 Å². The lowest BCUT2D eigenvalue weighted by Gasteiger charge is -2.28. The zero-order chi connectivity index (χ0) is 21.5.